The first kappa shape index (κ1) is 29.5. The Balaban J connectivity index is 1.21. The summed E-state index contributed by atoms with van der Waals surface area (Å²) >= 11 is 0. The molecular weight excluding hydrogens is 547 g/mol. The molecule has 2 aromatic carbocycles. The number of carbonyl (C=O) groups excluding carboxylic acids is 2. The number of ether oxygens (including phenoxy) is 1. The van der Waals surface area contributed by atoms with Crippen LogP contribution in [0.1, 0.15) is 46.6 Å². The SMILES string of the molecule is C[C@@H](NC(=O)c1cc(N2CCN(C(=O)C3CCOC3)CC2)ccn1)c1ccc(-c2cc(C(F)(F)F)ccc2CN)cc1. The summed E-state index contributed by atoms with van der Waals surface area (Å²) in [5, 5.41) is 2.95. The Morgan fingerprint density at radius 2 is 1.81 bits per heavy atom. The number of benzene rings is 2. The van der Waals surface area contributed by atoms with Crippen LogP contribution in [0.3, 0.4) is 0 Å². The minimum atomic E-state index is -4.45. The van der Waals surface area contributed by atoms with Gasteiger partial charge in [-0.2, -0.15) is 13.2 Å². The number of piperazine rings is 1. The van der Waals surface area contributed by atoms with E-state index in [9.17, 15) is 22.8 Å². The fraction of sp³-hybridized carbons (Fsp3) is 0.387. The van der Waals surface area contributed by atoms with Gasteiger partial charge in [-0.15, -0.1) is 0 Å². The second-order valence-corrected chi connectivity index (χ2v) is 10.7. The molecule has 2 atom stereocenters. The Morgan fingerprint density at radius 3 is 2.45 bits per heavy atom. The maximum atomic E-state index is 13.3. The number of anilines is 1. The Kier molecular flexibility index (Phi) is 8.79. The molecule has 2 aliphatic rings. The van der Waals surface area contributed by atoms with Crippen LogP contribution in [0.5, 0.6) is 0 Å². The van der Waals surface area contributed by atoms with Crippen molar-refractivity contribution < 1.29 is 27.5 Å². The molecule has 8 nitrogen and oxygen atoms in total. The second-order valence-electron chi connectivity index (χ2n) is 10.7. The van der Waals surface area contributed by atoms with Crippen molar-refractivity contribution >= 4 is 17.5 Å². The van der Waals surface area contributed by atoms with Crippen LogP contribution in [0.15, 0.2) is 60.8 Å². The predicted octanol–water partition coefficient (Wildman–Crippen LogP) is 4.40. The lowest BCUT2D eigenvalue weighted by atomic mass is 9.95. The second kappa shape index (κ2) is 12.5. The van der Waals surface area contributed by atoms with E-state index in [1.54, 1.807) is 36.5 Å². The van der Waals surface area contributed by atoms with Gasteiger partial charge in [0.05, 0.1) is 24.1 Å². The number of aromatic nitrogens is 1. The van der Waals surface area contributed by atoms with Crippen molar-refractivity contribution in [1.29, 1.82) is 0 Å². The van der Waals surface area contributed by atoms with E-state index in [4.69, 9.17) is 10.5 Å². The van der Waals surface area contributed by atoms with Gasteiger partial charge in [-0.25, -0.2) is 0 Å². The zero-order valence-corrected chi connectivity index (χ0v) is 23.4. The molecule has 3 N–H and O–H groups in total. The van der Waals surface area contributed by atoms with Crippen LogP contribution < -0.4 is 16.0 Å². The number of pyridine rings is 1. The topological polar surface area (TPSA) is 101 Å². The molecule has 1 unspecified atom stereocenters. The van der Waals surface area contributed by atoms with Crippen LogP contribution in [-0.2, 0) is 22.3 Å². The highest BCUT2D eigenvalue weighted by molar-refractivity contribution is 5.93. The molecule has 2 aliphatic heterocycles. The summed E-state index contributed by atoms with van der Waals surface area (Å²) in [6.45, 7) is 5.61. The molecular formula is C31H34F3N5O3. The molecule has 11 heteroatoms. The molecule has 42 heavy (non-hydrogen) atoms. The lowest BCUT2D eigenvalue weighted by molar-refractivity contribution is -0.137. The van der Waals surface area contributed by atoms with Crippen LogP contribution in [0.25, 0.3) is 11.1 Å². The summed E-state index contributed by atoms with van der Waals surface area (Å²) in [5.41, 5.74) is 8.61. The summed E-state index contributed by atoms with van der Waals surface area (Å²) in [6.07, 6.45) is -2.08. The number of hydrogen-bond donors (Lipinski definition) is 2. The van der Waals surface area contributed by atoms with Crippen molar-refractivity contribution in [1.82, 2.24) is 15.2 Å². The average Bonchev–Trinajstić information content (AvgIpc) is 3.55. The molecule has 0 spiro atoms. The van der Waals surface area contributed by atoms with Gasteiger partial charge in [-0.1, -0.05) is 30.3 Å². The fourth-order valence-electron chi connectivity index (χ4n) is 5.42. The van der Waals surface area contributed by atoms with E-state index in [1.165, 1.54) is 6.07 Å². The Bertz CT molecular complexity index is 1420. The van der Waals surface area contributed by atoms with Crippen LogP contribution in [0.2, 0.25) is 0 Å². The number of nitrogens with one attached hydrogen (secondary N) is 1. The predicted molar refractivity (Wildman–Crippen MR) is 153 cm³/mol. The van der Waals surface area contributed by atoms with E-state index in [2.05, 4.69) is 15.2 Å². The number of rotatable bonds is 7. The van der Waals surface area contributed by atoms with E-state index in [1.807, 2.05) is 17.9 Å². The third-order valence-corrected chi connectivity index (χ3v) is 7.94. The van der Waals surface area contributed by atoms with Crippen LogP contribution >= 0.6 is 0 Å². The standard InChI is InChI=1S/C31H34F3N5O3/c1-20(21-2-4-22(5-3-21)27-16-25(31(32,33)34)7-6-23(27)18-35)37-29(40)28-17-26(8-10-36-28)38-11-13-39(14-12-38)30(41)24-9-15-42-19-24/h2-8,10,16-17,20,24H,9,11-15,18-19,35H2,1H3,(H,37,40)/t20-,24?/m1/s1. The zero-order chi connectivity index (χ0) is 29.9. The number of alkyl halides is 3. The highest BCUT2D eigenvalue weighted by atomic mass is 19.4. The van der Waals surface area contributed by atoms with Gasteiger partial charge in [0, 0.05) is 51.2 Å². The molecule has 1 aromatic heterocycles. The molecule has 2 amide bonds. The molecule has 3 heterocycles. The van der Waals surface area contributed by atoms with Gasteiger partial charge in [0.2, 0.25) is 5.91 Å². The summed E-state index contributed by atoms with van der Waals surface area (Å²) < 4.78 is 45.2. The van der Waals surface area contributed by atoms with Gasteiger partial charge >= 0.3 is 6.18 Å². The smallest absolute Gasteiger partial charge is 0.381 e. The monoisotopic (exact) mass is 581 g/mol. The van der Waals surface area contributed by atoms with Crippen LogP contribution in [-0.4, -0.2) is 61.1 Å². The van der Waals surface area contributed by atoms with Gasteiger partial charge < -0.3 is 25.6 Å². The van der Waals surface area contributed by atoms with Gasteiger partial charge in [0.1, 0.15) is 5.69 Å². The van der Waals surface area contributed by atoms with Crippen LogP contribution in [0, 0.1) is 5.92 Å². The van der Waals surface area contributed by atoms with E-state index < -0.39 is 11.7 Å². The van der Waals surface area contributed by atoms with Gasteiger partial charge in [-0.3, -0.25) is 14.6 Å². The molecule has 0 aliphatic carbocycles. The highest BCUT2D eigenvalue weighted by Gasteiger charge is 2.32. The molecule has 0 bridgehead atoms. The maximum Gasteiger partial charge on any atom is 0.416 e. The molecule has 0 radical (unpaired) electrons. The molecule has 2 fully saturated rings. The van der Waals surface area contributed by atoms with E-state index in [0.717, 1.165) is 29.8 Å². The van der Waals surface area contributed by atoms with Gasteiger partial charge in [0.25, 0.3) is 5.91 Å². The minimum absolute atomic E-state index is 0.0463. The molecule has 2 saturated heterocycles. The van der Waals surface area contributed by atoms with Crippen molar-refractivity contribution in [3.8, 4) is 11.1 Å². The number of nitrogens with two attached hydrogens (primary N) is 1. The van der Waals surface area contributed by atoms with Gasteiger partial charge in [0.15, 0.2) is 0 Å². The Labute approximate surface area is 242 Å². The number of amides is 2. The van der Waals surface area contributed by atoms with Gasteiger partial charge in [-0.05, 0) is 59.9 Å². The maximum absolute atomic E-state index is 13.3. The first-order valence-corrected chi connectivity index (χ1v) is 14.0. The number of nitrogens with zero attached hydrogens (tertiary/aromatic N) is 3. The Hall–Kier alpha value is -3.96. The Morgan fingerprint density at radius 1 is 1.07 bits per heavy atom. The number of carbonyl (C=O) groups is 2. The summed E-state index contributed by atoms with van der Waals surface area (Å²) in [4.78, 5) is 34.1. The molecule has 222 valence electrons. The summed E-state index contributed by atoms with van der Waals surface area (Å²) in [6, 6.07) is 13.8. The first-order valence-electron chi connectivity index (χ1n) is 14.0. The zero-order valence-electron chi connectivity index (χ0n) is 23.4. The van der Waals surface area contributed by atoms with Crippen molar-refractivity contribution in [3.05, 3.63) is 83.2 Å². The van der Waals surface area contributed by atoms with Crippen molar-refractivity contribution in [2.45, 2.75) is 32.1 Å². The normalized spacial score (nSPS) is 18.2. The highest BCUT2D eigenvalue weighted by Crippen LogP contribution is 2.34. The lowest BCUT2D eigenvalue weighted by Gasteiger charge is -2.37. The van der Waals surface area contributed by atoms with Crippen molar-refractivity contribution in [3.63, 3.8) is 0 Å². The minimum Gasteiger partial charge on any atom is -0.381 e. The third-order valence-electron chi connectivity index (χ3n) is 7.94. The summed E-state index contributed by atoms with van der Waals surface area (Å²) in [7, 11) is 0. The quantitative estimate of drug-likeness (QED) is 0.429. The summed E-state index contributed by atoms with van der Waals surface area (Å²) in [5.74, 6) is -0.236. The van der Waals surface area contributed by atoms with Crippen LogP contribution in [0.4, 0.5) is 18.9 Å². The molecule has 0 saturated carbocycles. The van der Waals surface area contributed by atoms with E-state index in [-0.39, 0.29) is 36.0 Å². The molecule has 3 aromatic rings. The number of hydrogen-bond acceptors (Lipinski definition) is 6. The first-order chi connectivity index (χ1) is 20.1. The van der Waals surface area contributed by atoms with E-state index in [0.29, 0.717) is 56.1 Å². The largest absolute Gasteiger partial charge is 0.416 e. The average molecular weight is 582 g/mol. The van der Waals surface area contributed by atoms with E-state index >= 15 is 0 Å². The fourth-order valence-corrected chi connectivity index (χ4v) is 5.42. The third kappa shape index (κ3) is 6.57. The number of halogens is 3. The lowest BCUT2D eigenvalue weighted by Crippen LogP contribution is -2.50. The molecule has 5 rings (SSSR count). The van der Waals surface area contributed by atoms with Crippen molar-refractivity contribution in [2.75, 3.05) is 44.3 Å². The van der Waals surface area contributed by atoms with Crippen molar-refractivity contribution in [2.24, 2.45) is 11.7 Å².